The van der Waals surface area contributed by atoms with Gasteiger partial charge in [0.25, 0.3) is 0 Å². The number of rotatable bonds is 3. The maximum absolute atomic E-state index is 5.61. The molecule has 1 saturated heterocycles. The van der Waals surface area contributed by atoms with E-state index in [0.29, 0.717) is 37.3 Å². The molecule has 0 N–H and O–H groups in total. The summed E-state index contributed by atoms with van der Waals surface area (Å²) in [4.78, 5) is 15.6. The maximum Gasteiger partial charge on any atom is 0.223 e. The number of anilines is 1. The lowest BCUT2D eigenvalue weighted by Gasteiger charge is -2.34. The second-order valence-electron chi connectivity index (χ2n) is 5.56. The van der Waals surface area contributed by atoms with E-state index < -0.39 is 0 Å². The predicted molar refractivity (Wildman–Crippen MR) is 87.4 cm³/mol. The SMILES string of the molecule is Cc1nc([C@@H]2COCCN2c2ccnc(-c3ccccc3)n2)no1. The van der Waals surface area contributed by atoms with Gasteiger partial charge >= 0.3 is 0 Å². The first-order valence-corrected chi connectivity index (χ1v) is 7.84. The number of aryl methyl sites for hydroxylation is 1. The zero-order chi connectivity index (χ0) is 16.4. The fraction of sp³-hybridized carbons (Fsp3) is 0.294. The monoisotopic (exact) mass is 323 g/mol. The Balaban J connectivity index is 1.68. The van der Waals surface area contributed by atoms with Gasteiger partial charge in [-0.3, -0.25) is 0 Å². The summed E-state index contributed by atoms with van der Waals surface area (Å²) in [7, 11) is 0. The van der Waals surface area contributed by atoms with Gasteiger partial charge in [-0.15, -0.1) is 0 Å². The standard InChI is InChI=1S/C17H17N5O2/c1-12-19-17(21-24-12)14-11-23-10-9-22(14)15-7-8-18-16(20-15)13-5-3-2-4-6-13/h2-8,14H,9-11H2,1H3/t14-/m0/s1. The van der Waals surface area contributed by atoms with E-state index >= 15 is 0 Å². The summed E-state index contributed by atoms with van der Waals surface area (Å²) in [5.74, 6) is 2.69. The fourth-order valence-corrected chi connectivity index (χ4v) is 2.78. The van der Waals surface area contributed by atoms with Gasteiger partial charge in [-0.1, -0.05) is 35.5 Å². The number of aromatic nitrogens is 4. The van der Waals surface area contributed by atoms with Crippen LogP contribution in [0.1, 0.15) is 17.8 Å². The maximum atomic E-state index is 5.61. The Morgan fingerprint density at radius 2 is 2.00 bits per heavy atom. The Kier molecular flexibility index (Phi) is 3.92. The van der Waals surface area contributed by atoms with Crippen LogP contribution in [0.5, 0.6) is 0 Å². The Labute approximate surface area is 139 Å². The third-order valence-corrected chi connectivity index (χ3v) is 3.94. The van der Waals surface area contributed by atoms with E-state index in [1.54, 1.807) is 13.1 Å². The number of benzene rings is 1. The molecule has 1 fully saturated rings. The van der Waals surface area contributed by atoms with Crippen molar-refractivity contribution in [1.82, 2.24) is 20.1 Å². The van der Waals surface area contributed by atoms with E-state index in [9.17, 15) is 0 Å². The molecule has 2 aromatic heterocycles. The van der Waals surface area contributed by atoms with Crippen LogP contribution in [0.4, 0.5) is 5.82 Å². The van der Waals surface area contributed by atoms with Gasteiger partial charge in [-0.2, -0.15) is 4.98 Å². The van der Waals surface area contributed by atoms with E-state index in [1.165, 1.54) is 0 Å². The molecule has 0 bridgehead atoms. The van der Waals surface area contributed by atoms with Crippen LogP contribution < -0.4 is 4.90 Å². The van der Waals surface area contributed by atoms with E-state index in [2.05, 4.69) is 20.0 Å². The van der Waals surface area contributed by atoms with Gasteiger partial charge in [-0.05, 0) is 6.07 Å². The summed E-state index contributed by atoms with van der Waals surface area (Å²) < 4.78 is 10.7. The van der Waals surface area contributed by atoms with Gasteiger partial charge < -0.3 is 14.2 Å². The van der Waals surface area contributed by atoms with Crippen LogP contribution in [0.2, 0.25) is 0 Å². The van der Waals surface area contributed by atoms with Crippen molar-refractivity contribution in [2.24, 2.45) is 0 Å². The van der Waals surface area contributed by atoms with Crippen molar-refractivity contribution in [3.05, 3.63) is 54.3 Å². The zero-order valence-electron chi connectivity index (χ0n) is 13.3. The molecule has 7 heteroatoms. The highest BCUT2D eigenvalue weighted by Crippen LogP contribution is 2.28. The molecule has 1 aliphatic rings. The molecule has 3 aromatic rings. The lowest BCUT2D eigenvalue weighted by atomic mass is 10.2. The molecule has 122 valence electrons. The molecule has 1 atom stereocenters. The van der Waals surface area contributed by atoms with Crippen molar-refractivity contribution < 1.29 is 9.26 Å². The molecular weight excluding hydrogens is 306 g/mol. The van der Waals surface area contributed by atoms with Crippen molar-refractivity contribution in [2.45, 2.75) is 13.0 Å². The summed E-state index contributed by atoms with van der Waals surface area (Å²) in [6, 6.07) is 11.7. The van der Waals surface area contributed by atoms with E-state index in [1.807, 2.05) is 36.4 Å². The fourth-order valence-electron chi connectivity index (χ4n) is 2.78. The van der Waals surface area contributed by atoms with E-state index in [-0.39, 0.29) is 6.04 Å². The Bertz CT molecular complexity index is 821. The largest absolute Gasteiger partial charge is 0.377 e. The third kappa shape index (κ3) is 2.85. The van der Waals surface area contributed by atoms with Crippen molar-refractivity contribution in [1.29, 1.82) is 0 Å². The molecule has 3 heterocycles. The van der Waals surface area contributed by atoms with Gasteiger partial charge in [0.1, 0.15) is 11.9 Å². The second kappa shape index (κ2) is 6.37. The summed E-state index contributed by atoms with van der Waals surface area (Å²) >= 11 is 0. The molecule has 4 rings (SSSR count). The molecule has 24 heavy (non-hydrogen) atoms. The highest BCUT2D eigenvalue weighted by Gasteiger charge is 2.29. The van der Waals surface area contributed by atoms with E-state index in [0.717, 1.165) is 11.4 Å². The first-order chi connectivity index (χ1) is 11.8. The molecular formula is C17H17N5O2. The van der Waals surface area contributed by atoms with Gasteiger partial charge in [-0.25, -0.2) is 9.97 Å². The molecule has 0 spiro atoms. The second-order valence-corrected chi connectivity index (χ2v) is 5.56. The summed E-state index contributed by atoms with van der Waals surface area (Å²) in [6.45, 7) is 3.63. The Hall–Kier alpha value is -2.80. The number of nitrogens with zero attached hydrogens (tertiary/aromatic N) is 5. The lowest BCUT2D eigenvalue weighted by molar-refractivity contribution is 0.0905. The number of morpholine rings is 1. The number of ether oxygens (including phenoxy) is 1. The minimum Gasteiger partial charge on any atom is -0.377 e. The normalized spacial score (nSPS) is 17.9. The first-order valence-electron chi connectivity index (χ1n) is 7.84. The zero-order valence-corrected chi connectivity index (χ0v) is 13.3. The molecule has 1 aromatic carbocycles. The van der Waals surface area contributed by atoms with E-state index in [4.69, 9.17) is 14.2 Å². The summed E-state index contributed by atoms with van der Waals surface area (Å²) in [6.07, 6.45) is 1.78. The van der Waals surface area contributed by atoms with Crippen molar-refractivity contribution in [3.8, 4) is 11.4 Å². The topological polar surface area (TPSA) is 77.2 Å². The van der Waals surface area contributed by atoms with Gasteiger partial charge in [0.15, 0.2) is 11.6 Å². The van der Waals surface area contributed by atoms with Crippen molar-refractivity contribution in [3.63, 3.8) is 0 Å². The van der Waals surface area contributed by atoms with Crippen LogP contribution in [0.25, 0.3) is 11.4 Å². The van der Waals surface area contributed by atoms with Crippen LogP contribution in [-0.4, -0.2) is 39.9 Å². The van der Waals surface area contributed by atoms with Crippen LogP contribution >= 0.6 is 0 Å². The molecule has 0 radical (unpaired) electrons. The molecule has 7 nitrogen and oxygen atoms in total. The lowest BCUT2D eigenvalue weighted by Crippen LogP contribution is -2.40. The van der Waals surface area contributed by atoms with Gasteiger partial charge in [0, 0.05) is 25.2 Å². The summed E-state index contributed by atoms with van der Waals surface area (Å²) in [5.41, 5.74) is 0.986. The van der Waals surface area contributed by atoms with Crippen molar-refractivity contribution >= 4 is 5.82 Å². The number of hydrogen-bond donors (Lipinski definition) is 0. The smallest absolute Gasteiger partial charge is 0.223 e. The van der Waals surface area contributed by atoms with Crippen LogP contribution in [-0.2, 0) is 4.74 Å². The average Bonchev–Trinajstić information content (AvgIpc) is 3.09. The quantitative estimate of drug-likeness (QED) is 0.732. The van der Waals surface area contributed by atoms with Gasteiger partial charge in [0.2, 0.25) is 5.89 Å². The minimum absolute atomic E-state index is 0.116. The Morgan fingerprint density at radius 1 is 1.12 bits per heavy atom. The molecule has 0 aliphatic carbocycles. The summed E-state index contributed by atoms with van der Waals surface area (Å²) in [5, 5.41) is 4.04. The van der Waals surface area contributed by atoms with Crippen LogP contribution in [0, 0.1) is 6.92 Å². The third-order valence-electron chi connectivity index (χ3n) is 3.94. The first kappa shape index (κ1) is 14.8. The van der Waals surface area contributed by atoms with Gasteiger partial charge in [0.05, 0.1) is 13.2 Å². The highest BCUT2D eigenvalue weighted by atomic mass is 16.5. The average molecular weight is 323 g/mol. The Morgan fingerprint density at radius 3 is 2.79 bits per heavy atom. The predicted octanol–water partition coefficient (Wildman–Crippen LogP) is 2.41. The molecule has 1 aliphatic heterocycles. The molecule has 0 amide bonds. The van der Waals surface area contributed by atoms with Crippen molar-refractivity contribution in [2.75, 3.05) is 24.7 Å². The van der Waals surface area contributed by atoms with Crippen LogP contribution in [0.15, 0.2) is 47.1 Å². The molecule has 0 saturated carbocycles. The molecule has 0 unspecified atom stereocenters. The minimum atomic E-state index is -0.116. The highest BCUT2D eigenvalue weighted by molar-refractivity contribution is 5.57. The van der Waals surface area contributed by atoms with Crippen LogP contribution in [0.3, 0.4) is 0 Å². The number of hydrogen-bond acceptors (Lipinski definition) is 7.